The van der Waals surface area contributed by atoms with Gasteiger partial charge in [0.1, 0.15) is 6.61 Å². The summed E-state index contributed by atoms with van der Waals surface area (Å²) in [5, 5.41) is 11.4. The van der Waals surface area contributed by atoms with Crippen LogP contribution in [-0.2, 0) is 0 Å². The van der Waals surface area contributed by atoms with Crippen molar-refractivity contribution in [1.29, 1.82) is 0 Å². The molecule has 0 aliphatic heterocycles. The summed E-state index contributed by atoms with van der Waals surface area (Å²) >= 11 is 0. The smallest absolute Gasteiger partial charge is 0.272 e. The van der Waals surface area contributed by atoms with Crippen LogP contribution < -0.4 is 15.2 Å². The minimum Gasteiger partial charge on any atom is -0.490 e. The molecule has 3 N–H and O–H groups in total. The predicted molar refractivity (Wildman–Crippen MR) is 61.6 cm³/mol. The lowest BCUT2D eigenvalue weighted by molar-refractivity contribution is 0.0801. The van der Waals surface area contributed by atoms with Gasteiger partial charge in [-0.15, -0.1) is 0 Å². The molecule has 0 saturated heterocycles. The van der Waals surface area contributed by atoms with E-state index in [-0.39, 0.29) is 17.3 Å². The van der Waals surface area contributed by atoms with E-state index in [9.17, 15) is 8.78 Å². The Hall–Kier alpha value is -2.05. The number of oxime groups is 1. The fraction of sp³-hybridized carbons (Fsp3) is 0.364. The maximum atomic E-state index is 12.1. The minimum absolute atomic E-state index is 0.101. The van der Waals surface area contributed by atoms with Gasteiger partial charge in [0.15, 0.2) is 17.3 Å². The lowest BCUT2D eigenvalue weighted by atomic mass is 10.2. The summed E-state index contributed by atoms with van der Waals surface area (Å²) in [6.45, 7) is 1.36. The highest BCUT2D eigenvalue weighted by Crippen LogP contribution is 2.28. The Morgan fingerprint density at radius 3 is 2.67 bits per heavy atom. The molecule has 18 heavy (non-hydrogen) atoms. The van der Waals surface area contributed by atoms with Crippen molar-refractivity contribution in [3.63, 3.8) is 0 Å². The highest BCUT2D eigenvalue weighted by atomic mass is 19.3. The second-order valence-corrected chi connectivity index (χ2v) is 3.28. The summed E-state index contributed by atoms with van der Waals surface area (Å²) in [5.41, 5.74) is 5.82. The molecule has 1 aromatic rings. The molecule has 1 aromatic carbocycles. The van der Waals surface area contributed by atoms with Gasteiger partial charge in [0.05, 0.1) is 6.61 Å². The van der Waals surface area contributed by atoms with Gasteiger partial charge >= 0.3 is 0 Å². The molecule has 0 amide bonds. The first-order valence-electron chi connectivity index (χ1n) is 5.24. The number of ether oxygens (including phenoxy) is 2. The van der Waals surface area contributed by atoms with Crippen LogP contribution >= 0.6 is 0 Å². The van der Waals surface area contributed by atoms with E-state index in [1.807, 2.05) is 0 Å². The number of rotatable bonds is 6. The molecule has 0 spiro atoms. The zero-order valence-corrected chi connectivity index (χ0v) is 9.77. The van der Waals surface area contributed by atoms with Crippen LogP contribution in [0.2, 0.25) is 0 Å². The molecule has 0 aliphatic rings. The van der Waals surface area contributed by atoms with Gasteiger partial charge in [-0.3, -0.25) is 0 Å². The van der Waals surface area contributed by atoms with Crippen molar-refractivity contribution in [1.82, 2.24) is 0 Å². The van der Waals surface area contributed by atoms with Gasteiger partial charge in [0.25, 0.3) is 6.43 Å². The number of alkyl halides is 2. The number of nitrogens with zero attached hydrogens (tertiary/aromatic N) is 1. The van der Waals surface area contributed by atoms with Crippen molar-refractivity contribution < 1.29 is 23.5 Å². The van der Waals surface area contributed by atoms with Crippen LogP contribution in [0.1, 0.15) is 12.5 Å². The van der Waals surface area contributed by atoms with Crippen molar-refractivity contribution >= 4 is 5.84 Å². The standard InChI is InChI=1S/C11H14F2N2O3/c1-2-17-9-5-7(11(14)15-16)3-4-8(9)18-6-10(12)13/h3-5,10,16H,2,6H2,1H3,(H2,14,15). The molecule has 1 rings (SSSR count). The number of nitrogens with two attached hydrogens (primary N) is 1. The molecule has 0 bridgehead atoms. The Labute approximate surface area is 103 Å². The van der Waals surface area contributed by atoms with Gasteiger partial charge in [0.2, 0.25) is 0 Å². The average molecular weight is 260 g/mol. The van der Waals surface area contributed by atoms with Crippen molar-refractivity contribution in [2.24, 2.45) is 10.9 Å². The van der Waals surface area contributed by atoms with E-state index >= 15 is 0 Å². The molecule has 0 aliphatic carbocycles. The second kappa shape index (κ2) is 6.63. The van der Waals surface area contributed by atoms with Crippen LogP contribution in [0.25, 0.3) is 0 Å². The number of hydrogen-bond acceptors (Lipinski definition) is 4. The molecule has 0 fully saturated rings. The second-order valence-electron chi connectivity index (χ2n) is 3.28. The summed E-state index contributed by atoms with van der Waals surface area (Å²) in [6, 6.07) is 4.37. The number of hydrogen-bond donors (Lipinski definition) is 2. The highest BCUT2D eigenvalue weighted by molar-refractivity contribution is 5.97. The van der Waals surface area contributed by atoms with E-state index < -0.39 is 13.0 Å². The van der Waals surface area contributed by atoms with Gasteiger partial charge in [-0.25, -0.2) is 8.78 Å². The van der Waals surface area contributed by atoms with E-state index in [1.54, 1.807) is 6.92 Å². The summed E-state index contributed by atoms with van der Waals surface area (Å²) in [7, 11) is 0. The van der Waals surface area contributed by atoms with E-state index in [4.69, 9.17) is 20.4 Å². The topological polar surface area (TPSA) is 77.1 Å². The maximum absolute atomic E-state index is 12.1. The van der Waals surface area contributed by atoms with Crippen molar-refractivity contribution in [3.8, 4) is 11.5 Å². The minimum atomic E-state index is -2.57. The van der Waals surface area contributed by atoms with Crippen LogP contribution in [-0.4, -0.2) is 30.7 Å². The van der Waals surface area contributed by atoms with Crippen molar-refractivity contribution in [2.45, 2.75) is 13.3 Å². The fourth-order valence-corrected chi connectivity index (χ4v) is 1.27. The first-order chi connectivity index (χ1) is 8.58. The number of benzene rings is 1. The predicted octanol–water partition coefficient (Wildman–Crippen LogP) is 1.82. The Bertz CT molecular complexity index is 425. The molecule has 0 unspecified atom stereocenters. The first kappa shape index (κ1) is 14.0. The summed E-state index contributed by atoms with van der Waals surface area (Å²) in [4.78, 5) is 0. The lowest BCUT2D eigenvalue weighted by Crippen LogP contribution is -2.14. The van der Waals surface area contributed by atoms with E-state index in [0.29, 0.717) is 12.2 Å². The quantitative estimate of drug-likeness (QED) is 0.354. The number of halogens is 2. The summed E-state index contributed by atoms with van der Waals surface area (Å²) in [5.74, 6) is 0.352. The normalized spacial score (nSPS) is 11.7. The van der Waals surface area contributed by atoms with Crippen molar-refractivity contribution in [2.75, 3.05) is 13.2 Å². The molecule has 0 radical (unpaired) electrons. The van der Waals surface area contributed by atoms with Crippen LogP contribution in [0.4, 0.5) is 8.78 Å². The van der Waals surface area contributed by atoms with E-state index in [0.717, 1.165) is 0 Å². The van der Waals surface area contributed by atoms with Gasteiger partial charge in [-0.2, -0.15) is 0 Å². The molecule has 7 heteroatoms. The monoisotopic (exact) mass is 260 g/mol. The first-order valence-corrected chi connectivity index (χ1v) is 5.24. The van der Waals surface area contributed by atoms with Crippen molar-refractivity contribution in [3.05, 3.63) is 23.8 Å². The largest absolute Gasteiger partial charge is 0.490 e. The Balaban J connectivity index is 2.96. The third-order valence-electron chi connectivity index (χ3n) is 2.01. The Morgan fingerprint density at radius 2 is 2.11 bits per heavy atom. The molecule has 0 aromatic heterocycles. The van der Waals surface area contributed by atoms with Gasteiger partial charge in [0, 0.05) is 5.56 Å². The number of amidine groups is 1. The van der Waals surface area contributed by atoms with Crippen LogP contribution in [0.15, 0.2) is 23.4 Å². The highest BCUT2D eigenvalue weighted by Gasteiger charge is 2.11. The third-order valence-corrected chi connectivity index (χ3v) is 2.01. The molecule has 0 saturated carbocycles. The summed E-state index contributed by atoms with van der Waals surface area (Å²) in [6.07, 6.45) is -2.57. The zero-order valence-electron chi connectivity index (χ0n) is 9.77. The molecular formula is C11H14F2N2O3. The molecule has 0 atom stereocenters. The summed E-state index contributed by atoms with van der Waals surface area (Å²) < 4.78 is 34.3. The van der Waals surface area contributed by atoms with E-state index in [2.05, 4.69) is 5.16 Å². The van der Waals surface area contributed by atoms with Gasteiger partial charge in [-0.1, -0.05) is 5.16 Å². The molecule has 5 nitrogen and oxygen atoms in total. The zero-order chi connectivity index (χ0) is 13.5. The van der Waals surface area contributed by atoms with E-state index in [1.165, 1.54) is 18.2 Å². The lowest BCUT2D eigenvalue weighted by Gasteiger charge is -2.12. The third kappa shape index (κ3) is 3.76. The maximum Gasteiger partial charge on any atom is 0.272 e. The average Bonchev–Trinajstić information content (AvgIpc) is 2.36. The van der Waals surface area contributed by atoms with Crippen LogP contribution in [0.3, 0.4) is 0 Å². The Morgan fingerprint density at radius 1 is 1.39 bits per heavy atom. The molecule has 100 valence electrons. The van der Waals surface area contributed by atoms with Gasteiger partial charge < -0.3 is 20.4 Å². The molecule has 0 heterocycles. The van der Waals surface area contributed by atoms with Crippen LogP contribution in [0.5, 0.6) is 11.5 Å². The van der Waals surface area contributed by atoms with Crippen LogP contribution in [0, 0.1) is 0 Å². The molecular weight excluding hydrogens is 246 g/mol. The SMILES string of the molecule is CCOc1cc(/C(N)=N/O)ccc1OCC(F)F. The fourth-order valence-electron chi connectivity index (χ4n) is 1.27. The Kier molecular flexibility index (Phi) is 5.16. The van der Waals surface area contributed by atoms with Gasteiger partial charge in [-0.05, 0) is 25.1 Å².